The van der Waals surface area contributed by atoms with Crippen LogP contribution in [-0.4, -0.2) is 29.1 Å². The summed E-state index contributed by atoms with van der Waals surface area (Å²) in [5, 5.41) is 1.22. The minimum atomic E-state index is -0.0879. The van der Waals surface area contributed by atoms with Crippen molar-refractivity contribution in [2.24, 2.45) is 4.99 Å². The molecule has 136 valence electrons. The molecule has 1 amide bonds. The van der Waals surface area contributed by atoms with Crippen molar-refractivity contribution >= 4 is 46.2 Å². The molecular formula is C21H17ClN2O2S. The number of likely N-dealkylation sites (N-methyl/N-ethyl adjacent to an activating group) is 1. The van der Waals surface area contributed by atoms with Crippen molar-refractivity contribution in [3.8, 4) is 18.1 Å². The van der Waals surface area contributed by atoms with Gasteiger partial charge in [0.25, 0.3) is 5.91 Å². The lowest BCUT2D eigenvalue weighted by Gasteiger charge is -2.12. The largest absolute Gasteiger partial charge is 0.480 e. The number of halogens is 1. The molecule has 27 heavy (non-hydrogen) atoms. The Morgan fingerprint density at radius 2 is 2.11 bits per heavy atom. The first-order valence-corrected chi connectivity index (χ1v) is 9.52. The fourth-order valence-electron chi connectivity index (χ4n) is 2.52. The van der Waals surface area contributed by atoms with Gasteiger partial charge in [0.1, 0.15) is 12.4 Å². The second-order valence-electron chi connectivity index (χ2n) is 5.56. The van der Waals surface area contributed by atoms with Gasteiger partial charge < -0.3 is 4.74 Å². The number of hydrogen-bond donors (Lipinski definition) is 0. The highest BCUT2D eigenvalue weighted by Crippen LogP contribution is 2.35. The molecule has 1 aliphatic heterocycles. The van der Waals surface area contributed by atoms with Gasteiger partial charge in [-0.05, 0) is 49.0 Å². The summed E-state index contributed by atoms with van der Waals surface area (Å²) in [6.45, 7) is 2.61. The van der Waals surface area contributed by atoms with E-state index in [2.05, 4.69) is 10.9 Å². The number of thioether (sulfide) groups is 1. The highest BCUT2D eigenvalue weighted by molar-refractivity contribution is 8.18. The van der Waals surface area contributed by atoms with Crippen LogP contribution in [0.15, 0.2) is 58.4 Å². The lowest BCUT2D eigenvalue weighted by molar-refractivity contribution is -0.122. The van der Waals surface area contributed by atoms with Crippen molar-refractivity contribution in [3.05, 3.63) is 64.0 Å². The smallest absolute Gasteiger partial charge is 0.266 e. The number of amides is 1. The molecule has 1 heterocycles. The summed E-state index contributed by atoms with van der Waals surface area (Å²) >= 11 is 7.36. The molecule has 0 radical (unpaired) electrons. The Morgan fingerprint density at radius 1 is 1.30 bits per heavy atom. The van der Waals surface area contributed by atoms with Crippen LogP contribution in [0, 0.1) is 12.3 Å². The molecule has 3 rings (SSSR count). The van der Waals surface area contributed by atoms with Crippen molar-refractivity contribution in [2.45, 2.75) is 6.92 Å². The van der Waals surface area contributed by atoms with Crippen LogP contribution in [0.1, 0.15) is 12.5 Å². The van der Waals surface area contributed by atoms with Crippen molar-refractivity contribution < 1.29 is 9.53 Å². The Bertz CT molecular complexity index is 963. The number of benzene rings is 2. The number of aliphatic imine (C=N–C) groups is 1. The molecule has 4 nitrogen and oxygen atoms in total. The summed E-state index contributed by atoms with van der Waals surface area (Å²) in [7, 11) is 0. The molecule has 1 fully saturated rings. The summed E-state index contributed by atoms with van der Waals surface area (Å²) in [6, 6.07) is 14.7. The van der Waals surface area contributed by atoms with Gasteiger partial charge in [-0.1, -0.05) is 41.8 Å². The zero-order valence-corrected chi connectivity index (χ0v) is 16.3. The maximum absolute atomic E-state index is 12.8. The molecule has 0 N–H and O–H groups in total. The highest BCUT2D eigenvalue weighted by Gasteiger charge is 2.32. The standard InChI is InChI=1S/C21H17ClN2O2S/c1-3-12-26-18-11-6-5-8-15(18)13-19-20(25)24(4-2)21(27-19)23-17-10-7-9-16(22)14-17/h1,5-11,13-14H,4,12H2,2H3/b19-13+,23-21?. The topological polar surface area (TPSA) is 41.9 Å². The zero-order chi connectivity index (χ0) is 19.2. The van der Waals surface area contributed by atoms with E-state index in [4.69, 9.17) is 22.8 Å². The maximum Gasteiger partial charge on any atom is 0.266 e. The van der Waals surface area contributed by atoms with Crippen LogP contribution in [0.2, 0.25) is 5.02 Å². The predicted octanol–water partition coefficient (Wildman–Crippen LogP) is 4.98. The third-order valence-corrected chi connectivity index (χ3v) is 5.00. The van der Waals surface area contributed by atoms with E-state index in [1.54, 1.807) is 17.0 Å². The van der Waals surface area contributed by atoms with Crippen molar-refractivity contribution in [1.29, 1.82) is 0 Å². The third kappa shape index (κ3) is 4.54. The van der Waals surface area contributed by atoms with E-state index in [0.717, 1.165) is 5.56 Å². The quantitative estimate of drug-likeness (QED) is 0.529. The van der Waals surface area contributed by atoms with E-state index in [1.165, 1.54) is 11.8 Å². The number of para-hydroxylation sites is 1. The van der Waals surface area contributed by atoms with Gasteiger partial charge in [0, 0.05) is 17.1 Å². The van der Waals surface area contributed by atoms with Gasteiger partial charge in [-0.3, -0.25) is 9.69 Å². The first-order valence-electron chi connectivity index (χ1n) is 8.33. The Morgan fingerprint density at radius 3 is 2.85 bits per heavy atom. The minimum Gasteiger partial charge on any atom is -0.480 e. The summed E-state index contributed by atoms with van der Waals surface area (Å²) in [4.78, 5) is 19.6. The highest BCUT2D eigenvalue weighted by atomic mass is 35.5. The average Bonchev–Trinajstić information content (AvgIpc) is 2.95. The first-order chi connectivity index (χ1) is 13.1. The van der Waals surface area contributed by atoms with E-state index in [0.29, 0.717) is 33.1 Å². The summed E-state index contributed by atoms with van der Waals surface area (Å²) in [5.74, 6) is 3.00. The van der Waals surface area contributed by atoms with Crippen LogP contribution in [0.5, 0.6) is 5.75 Å². The summed E-state index contributed by atoms with van der Waals surface area (Å²) < 4.78 is 5.56. The lowest BCUT2D eigenvalue weighted by Crippen LogP contribution is -2.28. The van der Waals surface area contributed by atoms with Gasteiger partial charge in [-0.2, -0.15) is 0 Å². The van der Waals surface area contributed by atoms with E-state index in [-0.39, 0.29) is 12.5 Å². The number of carbonyl (C=O) groups is 1. The molecule has 0 saturated carbocycles. The molecule has 0 atom stereocenters. The van der Waals surface area contributed by atoms with Crippen LogP contribution in [0.3, 0.4) is 0 Å². The molecule has 2 aromatic carbocycles. The molecule has 1 saturated heterocycles. The molecule has 2 aromatic rings. The number of rotatable bonds is 5. The Labute approximate surface area is 167 Å². The van der Waals surface area contributed by atoms with Gasteiger partial charge in [0.2, 0.25) is 0 Å². The lowest BCUT2D eigenvalue weighted by atomic mass is 10.2. The van der Waals surface area contributed by atoms with Crippen LogP contribution in [0.4, 0.5) is 5.69 Å². The fraction of sp³-hybridized carbons (Fsp3) is 0.143. The number of nitrogens with zero attached hydrogens (tertiary/aromatic N) is 2. The number of hydrogen-bond acceptors (Lipinski definition) is 4. The number of terminal acetylenes is 1. The van der Waals surface area contributed by atoms with Gasteiger partial charge in [0.05, 0.1) is 10.6 Å². The normalized spacial score (nSPS) is 16.8. The summed E-state index contributed by atoms with van der Waals surface area (Å²) in [5.41, 5.74) is 1.50. The maximum atomic E-state index is 12.8. The fourth-order valence-corrected chi connectivity index (χ4v) is 3.76. The van der Waals surface area contributed by atoms with E-state index >= 15 is 0 Å². The molecule has 6 heteroatoms. The van der Waals surface area contributed by atoms with E-state index in [1.807, 2.05) is 49.4 Å². The van der Waals surface area contributed by atoms with Gasteiger partial charge in [0.15, 0.2) is 5.17 Å². The Hall–Kier alpha value is -2.68. The van der Waals surface area contributed by atoms with Crippen molar-refractivity contribution in [2.75, 3.05) is 13.2 Å². The van der Waals surface area contributed by atoms with Gasteiger partial charge in [-0.25, -0.2) is 4.99 Å². The van der Waals surface area contributed by atoms with Crippen molar-refractivity contribution in [3.63, 3.8) is 0 Å². The molecule has 0 spiro atoms. The zero-order valence-electron chi connectivity index (χ0n) is 14.7. The van der Waals surface area contributed by atoms with Crippen LogP contribution in [-0.2, 0) is 4.79 Å². The van der Waals surface area contributed by atoms with Gasteiger partial charge in [-0.15, -0.1) is 6.42 Å². The average molecular weight is 397 g/mol. The number of amidine groups is 1. The second-order valence-corrected chi connectivity index (χ2v) is 7.01. The van der Waals surface area contributed by atoms with E-state index in [9.17, 15) is 4.79 Å². The van der Waals surface area contributed by atoms with Crippen LogP contribution in [0.25, 0.3) is 6.08 Å². The monoisotopic (exact) mass is 396 g/mol. The molecule has 0 bridgehead atoms. The predicted molar refractivity (Wildman–Crippen MR) is 112 cm³/mol. The molecule has 1 aliphatic rings. The Balaban J connectivity index is 1.93. The molecule has 0 aliphatic carbocycles. The van der Waals surface area contributed by atoms with E-state index < -0.39 is 0 Å². The molecule has 0 unspecified atom stereocenters. The third-order valence-electron chi connectivity index (χ3n) is 3.75. The SMILES string of the molecule is C#CCOc1ccccc1/C=C1/SC(=Nc2cccc(Cl)c2)N(CC)C1=O. The number of carbonyl (C=O) groups excluding carboxylic acids is 1. The molecular weight excluding hydrogens is 380 g/mol. The first kappa shape index (κ1) is 19.1. The second kappa shape index (κ2) is 8.81. The molecule has 0 aromatic heterocycles. The van der Waals surface area contributed by atoms with Gasteiger partial charge >= 0.3 is 0 Å². The number of ether oxygens (including phenoxy) is 1. The van der Waals surface area contributed by atoms with Crippen LogP contribution < -0.4 is 4.74 Å². The Kier molecular flexibility index (Phi) is 6.23. The van der Waals surface area contributed by atoms with Crippen LogP contribution >= 0.6 is 23.4 Å². The minimum absolute atomic E-state index is 0.0879. The van der Waals surface area contributed by atoms with Crippen molar-refractivity contribution in [1.82, 2.24) is 4.90 Å². The summed E-state index contributed by atoms with van der Waals surface area (Å²) in [6.07, 6.45) is 7.08.